The number of anilines is 2. The highest BCUT2D eigenvalue weighted by atomic mass is 16.5. The highest BCUT2D eigenvalue weighted by Crippen LogP contribution is 2.21. The van der Waals surface area contributed by atoms with Crippen LogP contribution in [0.15, 0.2) is 60.9 Å². The van der Waals surface area contributed by atoms with E-state index in [1.54, 1.807) is 12.1 Å². The molecule has 3 aromatic rings. The molecule has 3 rings (SSSR count). The number of nitrogens with one attached hydrogen (secondary N) is 1. The van der Waals surface area contributed by atoms with Gasteiger partial charge in [0.2, 0.25) is 0 Å². The van der Waals surface area contributed by atoms with E-state index in [0.717, 1.165) is 22.7 Å². The van der Waals surface area contributed by atoms with E-state index in [9.17, 15) is 4.79 Å². The molecule has 0 bridgehead atoms. The number of esters is 1. The largest absolute Gasteiger partial charge is 0.494 e. The summed E-state index contributed by atoms with van der Waals surface area (Å²) in [5, 5.41) is 3.17. The van der Waals surface area contributed by atoms with Gasteiger partial charge in [-0.3, -0.25) is 4.79 Å². The fourth-order valence-corrected chi connectivity index (χ4v) is 2.51. The lowest BCUT2D eigenvalue weighted by atomic mass is 10.1. The zero-order valence-corrected chi connectivity index (χ0v) is 15.3. The summed E-state index contributed by atoms with van der Waals surface area (Å²) < 4.78 is 10.9. The number of nitrogens with zero attached hydrogens (tertiary/aromatic N) is 2. The molecule has 0 aliphatic rings. The molecular weight excluding hydrogens is 342 g/mol. The van der Waals surface area contributed by atoms with Crippen LogP contribution >= 0.6 is 0 Å². The molecule has 138 valence electrons. The van der Waals surface area contributed by atoms with Crippen LogP contribution in [0.5, 0.6) is 11.5 Å². The Labute approximate surface area is 158 Å². The molecule has 0 atom stereocenters. The second-order valence-electron chi connectivity index (χ2n) is 5.93. The summed E-state index contributed by atoms with van der Waals surface area (Å²) in [5.41, 5.74) is 2.51. The smallest absolute Gasteiger partial charge is 0.315 e. The van der Waals surface area contributed by atoms with E-state index in [0.29, 0.717) is 18.2 Å². The van der Waals surface area contributed by atoms with Crippen LogP contribution in [0.3, 0.4) is 0 Å². The quantitative estimate of drug-likeness (QED) is 0.504. The first-order chi connectivity index (χ1) is 13.1. The molecule has 0 unspecified atom stereocenters. The predicted octanol–water partition coefficient (Wildman–Crippen LogP) is 4.08. The second kappa shape index (κ2) is 8.80. The first-order valence-corrected chi connectivity index (χ1v) is 8.70. The Kier molecular flexibility index (Phi) is 5.99. The van der Waals surface area contributed by atoms with Gasteiger partial charge < -0.3 is 14.8 Å². The van der Waals surface area contributed by atoms with Crippen molar-refractivity contribution in [2.45, 2.75) is 20.3 Å². The number of aryl methyl sites for hydroxylation is 1. The molecule has 0 aliphatic carbocycles. The maximum absolute atomic E-state index is 12.2. The van der Waals surface area contributed by atoms with Crippen LogP contribution in [0.4, 0.5) is 11.5 Å². The molecule has 0 radical (unpaired) electrons. The van der Waals surface area contributed by atoms with E-state index >= 15 is 0 Å². The van der Waals surface area contributed by atoms with Crippen LogP contribution in [0, 0.1) is 6.92 Å². The second-order valence-corrected chi connectivity index (χ2v) is 5.93. The number of rotatable bonds is 7. The van der Waals surface area contributed by atoms with E-state index in [1.807, 2.05) is 56.3 Å². The predicted molar refractivity (Wildman–Crippen MR) is 103 cm³/mol. The Morgan fingerprint density at radius 2 is 1.85 bits per heavy atom. The van der Waals surface area contributed by atoms with Crippen LogP contribution in [0.1, 0.15) is 18.2 Å². The van der Waals surface area contributed by atoms with Crippen molar-refractivity contribution in [2.75, 3.05) is 11.9 Å². The first kappa shape index (κ1) is 18.4. The van der Waals surface area contributed by atoms with Gasteiger partial charge in [0.25, 0.3) is 0 Å². The van der Waals surface area contributed by atoms with E-state index in [4.69, 9.17) is 9.47 Å². The minimum atomic E-state index is -0.325. The maximum Gasteiger partial charge on any atom is 0.315 e. The molecule has 6 nitrogen and oxygen atoms in total. The molecule has 2 aromatic carbocycles. The van der Waals surface area contributed by atoms with Crippen molar-refractivity contribution in [2.24, 2.45) is 0 Å². The number of carbonyl (C=O) groups is 1. The van der Waals surface area contributed by atoms with Gasteiger partial charge in [0, 0.05) is 23.5 Å². The van der Waals surface area contributed by atoms with Gasteiger partial charge in [-0.15, -0.1) is 0 Å². The molecule has 0 fully saturated rings. The molecule has 0 saturated heterocycles. The molecule has 6 heteroatoms. The standard InChI is InChI=1S/C21H21N3O3/c1-3-26-18-9-7-16(8-10-18)12-21(25)27-19-6-4-5-17(13-19)24-20-11-15(2)22-14-23-20/h4-11,13-14H,3,12H2,1-2H3,(H,22,23,24). The van der Waals surface area contributed by atoms with Gasteiger partial charge in [0.1, 0.15) is 23.6 Å². The van der Waals surface area contributed by atoms with Crippen LogP contribution in [-0.4, -0.2) is 22.5 Å². The minimum Gasteiger partial charge on any atom is -0.494 e. The zero-order chi connectivity index (χ0) is 19.1. The number of carbonyl (C=O) groups excluding carboxylic acids is 1. The Bertz CT molecular complexity index is 911. The van der Waals surface area contributed by atoms with Gasteiger partial charge in [0.15, 0.2) is 0 Å². The topological polar surface area (TPSA) is 73.3 Å². The van der Waals surface area contributed by atoms with E-state index in [-0.39, 0.29) is 12.4 Å². The Morgan fingerprint density at radius 1 is 1.04 bits per heavy atom. The Morgan fingerprint density at radius 3 is 2.59 bits per heavy atom. The van der Waals surface area contributed by atoms with Crippen molar-refractivity contribution in [3.05, 3.63) is 72.2 Å². The summed E-state index contributed by atoms with van der Waals surface area (Å²) in [7, 11) is 0. The lowest BCUT2D eigenvalue weighted by molar-refractivity contribution is -0.133. The van der Waals surface area contributed by atoms with Crippen molar-refractivity contribution in [3.63, 3.8) is 0 Å². The average molecular weight is 363 g/mol. The molecule has 27 heavy (non-hydrogen) atoms. The molecule has 1 N–H and O–H groups in total. The Hall–Kier alpha value is -3.41. The molecule has 1 heterocycles. The normalized spacial score (nSPS) is 10.3. The van der Waals surface area contributed by atoms with Gasteiger partial charge in [-0.2, -0.15) is 0 Å². The summed E-state index contributed by atoms with van der Waals surface area (Å²) in [6.45, 7) is 4.44. The summed E-state index contributed by atoms with van der Waals surface area (Å²) in [6, 6.07) is 16.5. The molecule has 0 saturated carbocycles. The molecular formula is C21H21N3O3. The number of aromatic nitrogens is 2. The summed E-state index contributed by atoms with van der Waals surface area (Å²) >= 11 is 0. The SMILES string of the molecule is CCOc1ccc(CC(=O)Oc2cccc(Nc3cc(C)ncn3)c2)cc1. The highest BCUT2D eigenvalue weighted by Gasteiger charge is 2.08. The lowest BCUT2D eigenvalue weighted by Crippen LogP contribution is -2.11. The van der Waals surface area contributed by atoms with E-state index in [1.165, 1.54) is 6.33 Å². The fraction of sp³-hybridized carbons (Fsp3) is 0.190. The van der Waals surface area contributed by atoms with Crippen LogP contribution in [0.2, 0.25) is 0 Å². The number of ether oxygens (including phenoxy) is 2. The zero-order valence-electron chi connectivity index (χ0n) is 15.3. The minimum absolute atomic E-state index is 0.190. The number of hydrogen-bond donors (Lipinski definition) is 1. The van der Waals surface area contributed by atoms with Crippen LogP contribution in [0.25, 0.3) is 0 Å². The summed E-state index contributed by atoms with van der Waals surface area (Å²) in [4.78, 5) is 20.4. The first-order valence-electron chi connectivity index (χ1n) is 8.70. The van der Waals surface area contributed by atoms with Crippen molar-refractivity contribution < 1.29 is 14.3 Å². The van der Waals surface area contributed by atoms with Gasteiger partial charge in [-0.1, -0.05) is 18.2 Å². The summed E-state index contributed by atoms with van der Waals surface area (Å²) in [6.07, 6.45) is 1.69. The molecule has 0 amide bonds. The highest BCUT2D eigenvalue weighted by molar-refractivity contribution is 5.75. The van der Waals surface area contributed by atoms with Crippen molar-refractivity contribution in [1.29, 1.82) is 0 Å². The number of hydrogen-bond acceptors (Lipinski definition) is 6. The van der Waals surface area contributed by atoms with Gasteiger partial charge >= 0.3 is 5.97 Å². The third-order valence-electron chi connectivity index (χ3n) is 3.72. The maximum atomic E-state index is 12.2. The van der Waals surface area contributed by atoms with Crippen molar-refractivity contribution >= 4 is 17.5 Å². The molecule has 0 aliphatic heterocycles. The monoisotopic (exact) mass is 363 g/mol. The van der Waals surface area contributed by atoms with E-state index in [2.05, 4.69) is 15.3 Å². The third kappa shape index (κ3) is 5.54. The average Bonchev–Trinajstić information content (AvgIpc) is 2.64. The van der Waals surface area contributed by atoms with Crippen molar-refractivity contribution in [1.82, 2.24) is 9.97 Å². The fourth-order valence-electron chi connectivity index (χ4n) is 2.51. The number of benzene rings is 2. The molecule has 1 aromatic heterocycles. The Balaban J connectivity index is 1.60. The van der Waals surface area contributed by atoms with Gasteiger partial charge in [0.05, 0.1) is 13.0 Å². The van der Waals surface area contributed by atoms with Crippen LogP contribution in [-0.2, 0) is 11.2 Å². The lowest BCUT2D eigenvalue weighted by Gasteiger charge is -2.09. The third-order valence-corrected chi connectivity index (χ3v) is 3.72. The van der Waals surface area contributed by atoms with Gasteiger partial charge in [-0.05, 0) is 43.7 Å². The van der Waals surface area contributed by atoms with Crippen molar-refractivity contribution in [3.8, 4) is 11.5 Å². The van der Waals surface area contributed by atoms with Crippen LogP contribution < -0.4 is 14.8 Å². The van der Waals surface area contributed by atoms with E-state index < -0.39 is 0 Å². The molecule has 0 spiro atoms. The van der Waals surface area contributed by atoms with Gasteiger partial charge in [-0.25, -0.2) is 9.97 Å². The summed E-state index contributed by atoms with van der Waals surface area (Å²) in [5.74, 6) is 1.62.